The topological polar surface area (TPSA) is 74.3 Å². The van der Waals surface area contributed by atoms with Crippen molar-refractivity contribution in [2.75, 3.05) is 16.8 Å². The lowest BCUT2D eigenvalue weighted by Crippen LogP contribution is -2.30. The number of urea groups is 1. The minimum atomic E-state index is -0.333. The third-order valence-electron chi connectivity index (χ3n) is 4.68. The van der Waals surface area contributed by atoms with E-state index in [0.717, 1.165) is 17.7 Å². The second-order valence-electron chi connectivity index (χ2n) is 6.59. The first-order chi connectivity index (χ1) is 13.7. The second kappa shape index (κ2) is 7.92. The van der Waals surface area contributed by atoms with Gasteiger partial charge in [0, 0.05) is 42.4 Å². The monoisotopic (exact) mass is 372 g/mol. The molecule has 0 aliphatic carbocycles. The number of para-hydroxylation sites is 1. The van der Waals surface area contributed by atoms with Crippen LogP contribution in [0, 0.1) is 0 Å². The molecule has 6 heteroatoms. The molecule has 0 spiro atoms. The van der Waals surface area contributed by atoms with Gasteiger partial charge in [-0.2, -0.15) is 0 Å². The molecule has 1 aromatic heterocycles. The molecule has 1 aliphatic heterocycles. The van der Waals surface area contributed by atoms with Crippen LogP contribution in [0.2, 0.25) is 0 Å². The number of aromatic nitrogens is 1. The highest BCUT2D eigenvalue weighted by atomic mass is 16.2. The molecule has 3 aromatic rings. The Morgan fingerprint density at radius 2 is 1.93 bits per heavy atom. The number of fused-ring (bicyclic) bond motifs is 1. The first-order valence-electron chi connectivity index (χ1n) is 9.14. The van der Waals surface area contributed by atoms with Gasteiger partial charge >= 0.3 is 6.03 Å². The number of carbonyl (C=O) groups is 2. The fraction of sp³-hybridized carbons (Fsp3) is 0.136. The average molecular weight is 372 g/mol. The van der Waals surface area contributed by atoms with E-state index in [-0.39, 0.29) is 11.9 Å². The molecule has 28 heavy (non-hydrogen) atoms. The normalized spacial score (nSPS) is 12.4. The number of benzene rings is 2. The zero-order chi connectivity index (χ0) is 19.3. The van der Waals surface area contributed by atoms with Gasteiger partial charge in [-0.05, 0) is 47.9 Å². The van der Waals surface area contributed by atoms with Crippen molar-refractivity contribution in [3.8, 4) is 0 Å². The summed E-state index contributed by atoms with van der Waals surface area (Å²) >= 11 is 0. The molecule has 0 atom stereocenters. The summed E-state index contributed by atoms with van der Waals surface area (Å²) in [5.41, 5.74) is 4.16. The Hall–Kier alpha value is -3.67. The molecule has 3 amide bonds. The van der Waals surface area contributed by atoms with E-state index in [1.54, 1.807) is 41.6 Å². The predicted molar refractivity (Wildman–Crippen MR) is 108 cm³/mol. The Morgan fingerprint density at radius 3 is 2.79 bits per heavy atom. The van der Waals surface area contributed by atoms with E-state index in [0.29, 0.717) is 24.3 Å². The quantitative estimate of drug-likeness (QED) is 0.735. The number of hydrogen-bond acceptors (Lipinski definition) is 3. The minimum absolute atomic E-state index is 0.0654. The maximum absolute atomic E-state index is 12.9. The van der Waals surface area contributed by atoms with E-state index < -0.39 is 0 Å². The molecule has 4 rings (SSSR count). The molecule has 0 fully saturated rings. The summed E-state index contributed by atoms with van der Waals surface area (Å²) in [4.78, 5) is 30.9. The molecule has 140 valence electrons. The molecular formula is C22H20N4O2. The fourth-order valence-corrected chi connectivity index (χ4v) is 3.30. The van der Waals surface area contributed by atoms with Gasteiger partial charge in [0.2, 0.25) is 0 Å². The summed E-state index contributed by atoms with van der Waals surface area (Å²) in [6, 6.07) is 18.3. The molecule has 0 radical (unpaired) electrons. The van der Waals surface area contributed by atoms with Gasteiger partial charge in [0.1, 0.15) is 0 Å². The summed E-state index contributed by atoms with van der Waals surface area (Å²) in [5, 5.41) is 5.55. The zero-order valence-corrected chi connectivity index (χ0v) is 15.3. The van der Waals surface area contributed by atoms with Gasteiger partial charge < -0.3 is 15.5 Å². The standard InChI is InChI=1S/C22H20N4O2/c27-21(26-12-10-17-6-1-2-9-20(17)26)18-7-3-8-19(13-18)25-22(28)24-15-16-5-4-11-23-14-16/h1-9,11,13-14H,10,12,15H2,(H2,24,25,28). The number of hydrogen-bond donors (Lipinski definition) is 2. The Labute approximate surface area is 163 Å². The van der Waals surface area contributed by atoms with E-state index in [4.69, 9.17) is 0 Å². The van der Waals surface area contributed by atoms with Crippen molar-refractivity contribution in [1.29, 1.82) is 0 Å². The first kappa shape index (κ1) is 17.7. The fourth-order valence-electron chi connectivity index (χ4n) is 3.30. The van der Waals surface area contributed by atoms with Crippen molar-refractivity contribution in [2.45, 2.75) is 13.0 Å². The highest BCUT2D eigenvalue weighted by Gasteiger charge is 2.25. The van der Waals surface area contributed by atoms with Crippen LogP contribution in [-0.4, -0.2) is 23.5 Å². The third-order valence-corrected chi connectivity index (χ3v) is 4.68. The van der Waals surface area contributed by atoms with E-state index in [1.807, 2.05) is 36.4 Å². The van der Waals surface area contributed by atoms with Crippen molar-refractivity contribution in [3.63, 3.8) is 0 Å². The molecule has 2 heterocycles. The first-order valence-corrected chi connectivity index (χ1v) is 9.14. The average Bonchev–Trinajstić information content (AvgIpc) is 3.17. The Bertz CT molecular complexity index is 1000. The largest absolute Gasteiger partial charge is 0.334 e. The highest BCUT2D eigenvalue weighted by molar-refractivity contribution is 6.08. The smallest absolute Gasteiger partial charge is 0.319 e. The molecule has 0 saturated heterocycles. The van der Waals surface area contributed by atoms with Crippen LogP contribution in [-0.2, 0) is 13.0 Å². The van der Waals surface area contributed by atoms with E-state index in [9.17, 15) is 9.59 Å². The van der Waals surface area contributed by atoms with Crippen LogP contribution in [0.4, 0.5) is 16.2 Å². The predicted octanol–water partition coefficient (Wildman–Crippen LogP) is 3.61. The Balaban J connectivity index is 1.42. The van der Waals surface area contributed by atoms with Gasteiger partial charge in [-0.3, -0.25) is 9.78 Å². The van der Waals surface area contributed by atoms with Crippen LogP contribution in [0.3, 0.4) is 0 Å². The molecule has 2 N–H and O–H groups in total. The zero-order valence-electron chi connectivity index (χ0n) is 15.3. The van der Waals surface area contributed by atoms with Crippen LogP contribution in [0.1, 0.15) is 21.5 Å². The van der Waals surface area contributed by atoms with Gasteiger partial charge in [-0.25, -0.2) is 4.79 Å². The van der Waals surface area contributed by atoms with Crippen LogP contribution in [0.25, 0.3) is 0 Å². The van der Waals surface area contributed by atoms with Crippen molar-refractivity contribution < 1.29 is 9.59 Å². The Morgan fingerprint density at radius 1 is 1.04 bits per heavy atom. The van der Waals surface area contributed by atoms with Gasteiger partial charge in [0.25, 0.3) is 5.91 Å². The van der Waals surface area contributed by atoms with Crippen molar-refractivity contribution in [1.82, 2.24) is 10.3 Å². The molecule has 2 aromatic carbocycles. The van der Waals surface area contributed by atoms with Crippen LogP contribution in [0.15, 0.2) is 73.1 Å². The molecule has 0 unspecified atom stereocenters. The maximum Gasteiger partial charge on any atom is 0.319 e. The number of nitrogens with one attached hydrogen (secondary N) is 2. The number of carbonyl (C=O) groups excluding carboxylic acids is 2. The molecule has 0 bridgehead atoms. The van der Waals surface area contributed by atoms with Crippen molar-refractivity contribution >= 4 is 23.3 Å². The molecular weight excluding hydrogens is 352 g/mol. The summed E-state index contributed by atoms with van der Waals surface area (Å²) in [5.74, 6) is -0.0654. The maximum atomic E-state index is 12.9. The third kappa shape index (κ3) is 3.86. The molecule has 0 saturated carbocycles. The number of amides is 3. The second-order valence-corrected chi connectivity index (χ2v) is 6.59. The SMILES string of the molecule is O=C(NCc1cccnc1)Nc1cccc(C(=O)N2CCc3ccccc32)c1. The Kier molecular flexibility index (Phi) is 5.01. The number of anilines is 2. The van der Waals surface area contributed by atoms with Crippen molar-refractivity contribution in [2.24, 2.45) is 0 Å². The van der Waals surface area contributed by atoms with Crippen LogP contribution >= 0.6 is 0 Å². The number of nitrogens with zero attached hydrogens (tertiary/aromatic N) is 2. The van der Waals surface area contributed by atoms with Gasteiger partial charge in [-0.1, -0.05) is 30.3 Å². The molecule has 1 aliphatic rings. The van der Waals surface area contributed by atoms with E-state index in [1.165, 1.54) is 5.56 Å². The van der Waals surface area contributed by atoms with E-state index in [2.05, 4.69) is 15.6 Å². The number of rotatable bonds is 4. The molecule has 6 nitrogen and oxygen atoms in total. The van der Waals surface area contributed by atoms with Gasteiger partial charge in [0.05, 0.1) is 0 Å². The minimum Gasteiger partial charge on any atom is -0.334 e. The highest BCUT2D eigenvalue weighted by Crippen LogP contribution is 2.29. The summed E-state index contributed by atoms with van der Waals surface area (Å²) in [6.45, 7) is 1.05. The summed E-state index contributed by atoms with van der Waals surface area (Å²) in [6.07, 6.45) is 4.24. The van der Waals surface area contributed by atoms with Crippen LogP contribution in [0.5, 0.6) is 0 Å². The van der Waals surface area contributed by atoms with E-state index >= 15 is 0 Å². The summed E-state index contributed by atoms with van der Waals surface area (Å²) < 4.78 is 0. The summed E-state index contributed by atoms with van der Waals surface area (Å²) in [7, 11) is 0. The lowest BCUT2D eigenvalue weighted by Gasteiger charge is -2.18. The number of pyridine rings is 1. The van der Waals surface area contributed by atoms with Gasteiger partial charge in [0.15, 0.2) is 0 Å². The van der Waals surface area contributed by atoms with Crippen molar-refractivity contribution in [3.05, 3.63) is 89.7 Å². The van der Waals surface area contributed by atoms with Crippen LogP contribution < -0.4 is 15.5 Å². The lowest BCUT2D eigenvalue weighted by molar-refractivity contribution is 0.0989. The lowest BCUT2D eigenvalue weighted by atomic mass is 10.1. The van der Waals surface area contributed by atoms with Gasteiger partial charge in [-0.15, -0.1) is 0 Å².